The molecule has 0 aliphatic rings. The lowest BCUT2D eigenvalue weighted by Crippen LogP contribution is -2.29. The van der Waals surface area contributed by atoms with Crippen LogP contribution in [0.2, 0.25) is 0 Å². The van der Waals surface area contributed by atoms with Gasteiger partial charge in [0.05, 0.1) is 11.4 Å². The Morgan fingerprint density at radius 2 is 1.54 bits per heavy atom. The van der Waals surface area contributed by atoms with Crippen LogP contribution in [0.3, 0.4) is 0 Å². The van der Waals surface area contributed by atoms with Crippen molar-refractivity contribution >= 4 is 33.6 Å². The number of hydrogen-bond acceptors (Lipinski definition) is 10. The molecule has 1 unspecified atom stereocenters. The van der Waals surface area contributed by atoms with Gasteiger partial charge >= 0.3 is 12.1 Å². The predicted molar refractivity (Wildman–Crippen MR) is 131 cm³/mol. The molecule has 5 aromatic rings. The first-order chi connectivity index (χ1) is 17.7. The van der Waals surface area contributed by atoms with Crippen LogP contribution in [-0.2, 0) is 9.53 Å². The van der Waals surface area contributed by atoms with Crippen molar-refractivity contribution in [3.05, 3.63) is 72.3 Å². The fraction of sp³-hybridized carbons (Fsp3) is 0.0833. The number of carbonyl (C=O) groups excluding carboxylic acids is 1. The fourth-order valence-corrected chi connectivity index (χ4v) is 4.06. The van der Waals surface area contributed by atoms with E-state index in [1.807, 2.05) is 30.3 Å². The zero-order valence-corrected chi connectivity index (χ0v) is 19.5. The van der Waals surface area contributed by atoms with Crippen LogP contribution in [0.1, 0.15) is 11.8 Å². The highest BCUT2D eigenvalue weighted by atomic mass is 32.1. The number of nitrogens with zero attached hydrogens (tertiary/aromatic N) is 5. The maximum Gasteiger partial charge on any atom is 0.490 e. The minimum absolute atomic E-state index is 0.180. The van der Waals surface area contributed by atoms with Gasteiger partial charge in [-0.2, -0.15) is 13.2 Å². The van der Waals surface area contributed by atoms with Gasteiger partial charge in [-0.05, 0) is 12.1 Å². The lowest BCUT2D eigenvalue weighted by atomic mass is 10.0. The van der Waals surface area contributed by atoms with Crippen LogP contribution in [0.4, 0.5) is 18.3 Å². The zero-order chi connectivity index (χ0) is 26.2. The van der Waals surface area contributed by atoms with Gasteiger partial charge < -0.3 is 10.5 Å². The van der Waals surface area contributed by atoms with E-state index in [-0.39, 0.29) is 5.56 Å². The van der Waals surface area contributed by atoms with E-state index in [1.165, 1.54) is 23.5 Å². The van der Waals surface area contributed by atoms with E-state index in [4.69, 9.17) is 21.4 Å². The van der Waals surface area contributed by atoms with Crippen molar-refractivity contribution in [1.82, 2.24) is 25.1 Å². The van der Waals surface area contributed by atoms with Crippen LogP contribution < -0.4 is 11.5 Å². The number of benzene rings is 2. The summed E-state index contributed by atoms with van der Waals surface area (Å²) >= 11 is 1.20. The van der Waals surface area contributed by atoms with E-state index < -0.39 is 18.4 Å². The number of ether oxygens (including phenoxy) is 1. The fourth-order valence-electron chi connectivity index (χ4n) is 3.48. The molecule has 37 heavy (non-hydrogen) atoms. The van der Waals surface area contributed by atoms with Gasteiger partial charge in [0.2, 0.25) is 5.13 Å². The Morgan fingerprint density at radius 3 is 2.19 bits per heavy atom. The third-order valence-corrected chi connectivity index (χ3v) is 5.99. The standard InChI is InChI=1S/C24H16F3N7O2S/c25-24(26,27)22(35)36-19(28)14-8-6-13(7-9-14)17-18(12-4-2-1-3-5-12)32-20-15(30-17)10-11-16(31-20)21-33-34-23(29)37-21/h1-11,19H,28H2,(H2,29,34). The Kier molecular flexibility index (Phi) is 6.23. The number of anilines is 1. The van der Waals surface area contributed by atoms with E-state index in [1.54, 1.807) is 24.3 Å². The van der Waals surface area contributed by atoms with E-state index in [0.29, 0.717) is 43.9 Å². The van der Waals surface area contributed by atoms with Gasteiger partial charge in [-0.3, -0.25) is 5.73 Å². The van der Waals surface area contributed by atoms with Gasteiger partial charge in [-0.15, -0.1) is 10.2 Å². The third kappa shape index (κ3) is 5.08. The van der Waals surface area contributed by atoms with Crippen molar-refractivity contribution in [2.45, 2.75) is 12.4 Å². The molecule has 2 aromatic carbocycles. The van der Waals surface area contributed by atoms with Crippen molar-refractivity contribution in [2.75, 3.05) is 5.73 Å². The number of nitrogens with two attached hydrogens (primary N) is 2. The molecule has 0 saturated carbocycles. The SMILES string of the molecule is Nc1nnc(-c2ccc3nc(-c4ccc(C(N)OC(=O)C(F)(F)F)cc4)c(-c4ccccc4)nc3n2)s1. The topological polar surface area (TPSA) is 143 Å². The van der Waals surface area contributed by atoms with Gasteiger partial charge in [0, 0.05) is 16.7 Å². The first-order valence-corrected chi connectivity index (χ1v) is 11.5. The number of nitrogen functional groups attached to an aromatic ring is 1. The summed E-state index contributed by atoms with van der Waals surface area (Å²) in [7, 11) is 0. The molecular weight excluding hydrogens is 507 g/mol. The molecule has 1 atom stereocenters. The zero-order valence-electron chi connectivity index (χ0n) is 18.7. The summed E-state index contributed by atoms with van der Waals surface area (Å²) in [5.41, 5.74) is 15.4. The van der Waals surface area contributed by atoms with Crippen LogP contribution >= 0.6 is 11.3 Å². The van der Waals surface area contributed by atoms with Crippen LogP contribution in [0, 0.1) is 0 Å². The molecule has 9 nitrogen and oxygen atoms in total. The van der Waals surface area contributed by atoms with Crippen molar-refractivity contribution in [3.63, 3.8) is 0 Å². The molecule has 0 aliphatic heterocycles. The highest BCUT2D eigenvalue weighted by Crippen LogP contribution is 2.32. The predicted octanol–water partition coefficient (Wildman–Crippen LogP) is 4.52. The average molecular weight is 524 g/mol. The number of alkyl halides is 3. The largest absolute Gasteiger partial charge is 0.490 e. The third-order valence-electron chi connectivity index (χ3n) is 5.21. The molecule has 0 fully saturated rings. The van der Waals surface area contributed by atoms with E-state index >= 15 is 0 Å². The number of hydrogen-bond donors (Lipinski definition) is 2. The number of pyridine rings is 1. The van der Waals surface area contributed by atoms with Gasteiger partial charge in [-0.1, -0.05) is 65.9 Å². The van der Waals surface area contributed by atoms with Crippen molar-refractivity contribution in [1.29, 1.82) is 0 Å². The molecule has 0 amide bonds. The van der Waals surface area contributed by atoms with Crippen LogP contribution in [0.25, 0.3) is 44.4 Å². The smallest absolute Gasteiger partial charge is 0.436 e. The van der Waals surface area contributed by atoms with E-state index in [9.17, 15) is 18.0 Å². The first-order valence-electron chi connectivity index (χ1n) is 10.7. The minimum atomic E-state index is -5.14. The highest BCUT2D eigenvalue weighted by molar-refractivity contribution is 7.18. The summed E-state index contributed by atoms with van der Waals surface area (Å²) in [6, 6.07) is 19.0. The Hall–Kier alpha value is -4.49. The monoisotopic (exact) mass is 523 g/mol. The van der Waals surface area contributed by atoms with Crippen LogP contribution in [0.15, 0.2) is 66.7 Å². The minimum Gasteiger partial charge on any atom is -0.436 e. The van der Waals surface area contributed by atoms with Gasteiger partial charge in [0.15, 0.2) is 16.9 Å². The molecule has 4 N–H and O–H groups in total. The molecule has 0 aliphatic carbocycles. The normalized spacial score (nSPS) is 12.4. The molecule has 0 radical (unpaired) electrons. The first kappa shape index (κ1) is 24.2. The molecule has 3 heterocycles. The second-order valence-electron chi connectivity index (χ2n) is 7.72. The summed E-state index contributed by atoms with van der Waals surface area (Å²) in [5.74, 6) is -2.36. The molecular formula is C24H16F3N7O2S. The summed E-state index contributed by atoms with van der Waals surface area (Å²) in [6.45, 7) is 0. The van der Waals surface area contributed by atoms with Crippen molar-refractivity contribution in [2.24, 2.45) is 5.73 Å². The lowest BCUT2D eigenvalue weighted by molar-refractivity contribution is -0.205. The van der Waals surface area contributed by atoms with Gasteiger partial charge in [0.1, 0.15) is 11.2 Å². The Morgan fingerprint density at radius 1 is 0.865 bits per heavy atom. The second-order valence-corrected chi connectivity index (χ2v) is 8.73. The molecule has 3 aromatic heterocycles. The number of fused-ring (bicyclic) bond motifs is 1. The second kappa shape index (κ2) is 9.52. The van der Waals surface area contributed by atoms with Crippen molar-refractivity contribution in [3.8, 4) is 33.2 Å². The quantitative estimate of drug-likeness (QED) is 0.251. The van der Waals surface area contributed by atoms with E-state index in [2.05, 4.69) is 19.9 Å². The Bertz CT molecular complexity index is 1590. The lowest BCUT2D eigenvalue weighted by Gasteiger charge is -2.15. The molecule has 186 valence electrons. The molecule has 5 rings (SSSR count). The highest BCUT2D eigenvalue weighted by Gasteiger charge is 2.42. The maximum absolute atomic E-state index is 12.5. The molecule has 0 spiro atoms. The molecule has 0 saturated heterocycles. The molecule has 13 heteroatoms. The summed E-state index contributed by atoms with van der Waals surface area (Å²) < 4.78 is 41.8. The summed E-state index contributed by atoms with van der Waals surface area (Å²) in [6.07, 6.45) is -6.73. The van der Waals surface area contributed by atoms with Crippen molar-refractivity contribution < 1.29 is 22.7 Å². The van der Waals surface area contributed by atoms with E-state index in [0.717, 1.165) is 5.56 Å². The number of halogens is 3. The Labute approximate surface area is 211 Å². The maximum atomic E-state index is 12.5. The van der Waals surface area contributed by atoms with Crippen LogP contribution in [-0.4, -0.2) is 37.3 Å². The number of aromatic nitrogens is 5. The molecule has 0 bridgehead atoms. The number of esters is 1. The van der Waals surface area contributed by atoms with Crippen LogP contribution in [0.5, 0.6) is 0 Å². The summed E-state index contributed by atoms with van der Waals surface area (Å²) in [4.78, 5) is 25.2. The number of carbonyl (C=O) groups is 1. The Balaban J connectivity index is 1.55. The average Bonchev–Trinajstić information content (AvgIpc) is 3.34. The summed E-state index contributed by atoms with van der Waals surface area (Å²) in [5, 5.41) is 8.70. The van der Waals surface area contributed by atoms with Gasteiger partial charge in [0.25, 0.3) is 0 Å². The number of rotatable bonds is 5. The van der Waals surface area contributed by atoms with Gasteiger partial charge in [-0.25, -0.2) is 19.7 Å².